The maximum Gasteiger partial charge on any atom is 0.156 e. The summed E-state index contributed by atoms with van der Waals surface area (Å²) >= 11 is 1.86. The Hall–Kier alpha value is -0.180. The predicted molar refractivity (Wildman–Crippen MR) is 66.0 cm³/mol. The Labute approximate surface area is 92.0 Å². The van der Waals surface area contributed by atoms with Gasteiger partial charge in [-0.3, -0.25) is 4.99 Å². The minimum Gasteiger partial charge on any atom is -0.361 e. The molecule has 0 amide bonds. The molecule has 0 radical (unpaired) electrons. The second kappa shape index (κ2) is 4.56. The van der Waals surface area contributed by atoms with Gasteiger partial charge in [-0.15, -0.1) is 0 Å². The lowest BCUT2D eigenvalue weighted by Crippen LogP contribution is -2.32. The molecule has 1 atom stereocenters. The van der Waals surface area contributed by atoms with Crippen molar-refractivity contribution in [3.8, 4) is 0 Å². The third-order valence-electron chi connectivity index (χ3n) is 2.21. The fourth-order valence-electron chi connectivity index (χ4n) is 1.17. The highest BCUT2D eigenvalue weighted by molar-refractivity contribution is 8.14. The van der Waals surface area contributed by atoms with Gasteiger partial charge in [-0.25, -0.2) is 0 Å². The minimum absolute atomic E-state index is 0.297. The first kappa shape index (κ1) is 11.9. The molecule has 1 aliphatic rings. The zero-order chi connectivity index (χ0) is 10.8. The first-order chi connectivity index (χ1) is 6.38. The third kappa shape index (κ3) is 3.91. The molecule has 0 spiro atoms. The van der Waals surface area contributed by atoms with Crippen LogP contribution < -0.4 is 5.32 Å². The molecule has 0 aliphatic carbocycles. The van der Waals surface area contributed by atoms with E-state index in [1.54, 1.807) is 0 Å². The van der Waals surface area contributed by atoms with Crippen LogP contribution in [0.5, 0.6) is 0 Å². The minimum atomic E-state index is 0.297. The normalized spacial score (nSPS) is 25.9. The van der Waals surface area contributed by atoms with E-state index in [1.807, 2.05) is 11.8 Å². The maximum absolute atomic E-state index is 4.60. The summed E-state index contributed by atoms with van der Waals surface area (Å²) in [6, 6.07) is 0.610. The van der Waals surface area contributed by atoms with Crippen LogP contribution in [0.4, 0.5) is 0 Å². The fourth-order valence-corrected chi connectivity index (χ4v) is 2.37. The molecule has 3 heteroatoms. The molecular formula is C11H22N2S. The molecule has 2 nitrogen and oxygen atoms in total. The van der Waals surface area contributed by atoms with Crippen LogP contribution in [0, 0.1) is 11.3 Å². The van der Waals surface area contributed by atoms with Crippen molar-refractivity contribution in [1.29, 1.82) is 0 Å². The van der Waals surface area contributed by atoms with Gasteiger partial charge >= 0.3 is 0 Å². The number of amidine groups is 1. The lowest BCUT2D eigenvalue weighted by atomic mass is 9.97. The summed E-state index contributed by atoms with van der Waals surface area (Å²) in [6.45, 7) is 12.1. The zero-order valence-corrected chi connectivity index (χ0v) is 10.7. The van der Waals surface area contributed by atoms with E-state index in [4.69, 9.17) is 0 Å². The molecule has 1 heterocycles. The Bertz CT molecular complexity index is 216. The van der Waals surface area contributed by atoms with Gasteiger partial charge in [0.05, 0.1) is 0 Å². The second-order valence-electron chi connectivity index (χ2n) is 5.49. The number of rotatable bonds is 2. The van der Waals surface area contributed by atoms with Gasteiger partial charge in [-0.2, -0.15) is 0 Å². The molecule has 0 bridgehead atoms. The van der Waals surface area contributed by atoms with Crippen molar-refractivity contribution in [1.82, 2.24) is 5.32 Å². The molecule has 1 aliphatic heterocycles. The SMILES string of the molecule is CC(C)C1CSC(=NCC(C)(C)C)N1. The van der Waals surface area contributed by atoms with Gasteiger partial charge in [0.15, 0.2) is 5.17 Å². The molecule has 0 aromatic heterocycles. The highest BCUT2D eigenvalue weighted by Crippen LogP contribution is 2.20. The van der Waals surface area contributed by atoms with Gasteiger partial charge in [0.25, 0.3) is 0 Å². The van der Waals surface area contributed by atoms with Crippen LogP contribution in [0.15, 0.2) is 4.99 Å². The summed E-state index contributed by atoms with van der Waals surface area (Å²) < 4.78 is 0. The van der Waals surface area contributed by atoms with Crippen molar-refractivity contribution in [2.24, 2.45) is 16.3 Å². The number of nitrogens with one attached hydrogen (secondary N) is 1. The van der Waals surface area contributed by atoms with E-state index >= 15 is 0 Å². The average molecular weight is 214 g/mol. The van der Waals surface area contributed by atoms with Crippen LogP contribution in [0.25, 0.3) is 0 Å². The van der Waals surface area contributed by atoms with E-state index < -0.39 is 0 Å². The van der Waals surface area contributed by atoms with E-state index in [-0.39, 0.29) is 0 Å². The van der Waals surface area contributed by atoms with Crippen LogP contribution in [0.3, 0.4) is 0 Å². The quantitative estimate of drug-likeness (QED) is 0.764. The number of thioether (sulfide) groups is 1. The topological polar surface area (TPSA) is 24.4 Å². The lowest BCUT2D eigenvalue weighted by Gasteiger charge is -2.16. The van der Waals surface area contributed by atoms with Crippen molar-refractivity contribution in [3.05, 3.63) is 0 Å². The molecule has 1 N–H and O–H groups in total. The highest BCUT2D eigenvalue weighted by atomic mass is 32.2. The third-order valence-corrected chi connectivity index (χ3v) is 3.26. The molecule has 0 saturated carbocycles. The first-order valence-electron chi connectivity index (χ1n) is 5.32. The Kier molecular flexibility index (Phi) is 3.87. The van der Waals surface area contributed by atoms with Crippen molar-refractivity contribution >= 4 is 16.9 Å². The van der Waals surface area contributed by atoms with Gasteiger partial charge in [0, 0.05) is 18.3 Å². The molecule has 1 saturated heterocycles. The fraction of sp³-hybridized carbons (Fsp3) is 0.909. The standard InChI is InChI=1S/C11H22N2S/c1-8(2)9-6-14-10(13-9)12-7-11(3,4)5/h8-9H,6-7H2,1-5H3,(H,12,13). The molecule has 1 rings (SSSR count). The molecule has 1 unspecified atom stereocenters. The van der Waals surface area contributed by atoms with Gasteiger partial charge < -0.3 is 5.32 Å². The Morgan fingerprint density at radius 3 is 2.57 bits per heavy atom. The predicted octanol–water partition coefficient (Wildman–Crippen LogP) is 2.75. The summed E-state index contributed by atoms with van der Waals surface area (Å²) in [5, 5.41) is 4.61. The van der Waals surface area contributed by atoms with Crippen molar-refractivity contribution in [2.75, 3.05) is 12.3 Å². The number of aliphatic imine (C=N–C) groups is 1. The number of nitrogens with zero attached hydrogens (tertiary/aromatic N) is 1. The molecule has 1 fully saturated rings. The van der Waals surface area contributed by atoms with Crippen LogP contribution in [0.1, 0.15) is 34.6 Å². The second-order valence-corrected chi connectivity index (χ2v) is 6.50. The monoisotopic (exact) mass is 214 g/mol. The maximum atomic E-state index is 4.60. The molecular weight excluding hydrogens is 192 g/mol. The van der Waals surface area contributed by atoms with Gasteiger partial charge in [-0.05, 0) is 11.3 Å². The number of hydrogen-bond donors (Lipinski definition) is 1. The summed E-state index contributed by atoms with van der Waals surface area (Å²) in [7, 11) is 0. The Balaban J connectivity index is 2.42. The zero-order valence-electron chi connectivity index (χ0n) is 9.92. The van der Waals surface area contributed by atoms with Crippen LogP contribution in [0.2, 0.25) is 0 Å². The van der Waals surface area contributed by atoms with Crippen LogP contribution >= 0.6 is 11.8 Å². The summed E-state index contributed by atoms with van der Waals surface area (Å²) in [6.07, 6.45) is 0. The number of hydrogen-bond acceptors (Lipinski definition) is 2. The van der Waals surface area contributed by atoms with Crippen molar-refractivity contribution in [3.63, 3.8) is 0 Å². The smallest absolute Gasteiger partial charge is 0.156 e. The van der Waals surface area contributed by atoms with Crippen LogP contribution in [-0.4, -0.2) is 23.5 Å². The molecule has 82 valence electrons. The molecule has 0 aromatic carbocycles. The average Bonchev–Trinajstić information content (AvgIpc) is 2.47. The summed E-state index contributed by atoms with van der Waals surface area (Å²) in [4.78, 5) is 4.60. The molecule has 14 heavy (non-hydrogen) atoms. The highest BCUT2D eigenvalue weighted by Gasteiger charge is 2.23. The Morgan fingerprint density at radius 1 is 1.50 bits per heavy atom. The van der Waals surface area contributed by atoms with Crippen molar-refractivity contribution in [2.45, 2.75) is 40.7 Å². The van der Waals surface area contributed by atoms with E-state index in [9.17, 15) is 0 Å². The van der Waals surface area contributed by atoms with Gasteiger partial charge in [0.2, 0.25) is 0 Å². The van der Waals surface area contributed by atoms with Gasteiger partial charge in [-0.1, -0.05) is 46.4 Å². The van der Waals surface area contributed by atoms with Crippen molar-refractivity contribution < 1.29 is 0 Å². The first-order valence-corrected chi connectivity index (χ1v) is 6.31. The van der Waals surface area contributed by atoms with Gasteiger partial charge in [0.1, 0.15) is 0 Å². The van der Waals surface area contributed by atoms with E-state index in [1.165, 1.54) is 5.75 Å². The molecule has 0 aromatic rings. The van der Waals surface area contributed by atoms with E-state index in [2.05, 4.69) is 44.9 Å². The van der Waals surface area contributed by atoms with E-state index in [0.29, 0.717) is 17.4 Å². The largest absolute Gasteiger partial charge is 0.361 e. The van der Waals surface area contributed by atoms with Crippen LogP contribution in [-0.2, 0) is 0 Å². The summed E-state index contributed by atoms with van der Waals surface area (Å²) in [5.41, 5.74) is 0.297. The van der Waals surface area contributed by atoms with E-state index in [0.717, 1.165) is 11.7 Å². The lowest BCUT2D eigenvalue weighted by molar-refractivity contribution is 0.428. The summed E-state index contributed by atoms with van der Waals surface area (Å²) in [5.74, 6) is 1.87. The Morgan fingerprint density at radius 2 is 2.14 bits per heavy atom.